The lowest BCUT2D eigenvalue weighted by Gasteiger charge is -2.38. The molecule has 0 aromatic carbocycles. The first-order chi connectivity index (χ1) is 9.00. The summed E-state index contributed by atoms with van der Waals surface area (Å²) >= 11 is 5.96. The highest BCUT2D eigenvalue weighted by Gasteiger charge is 2.29. The van der Waals surface area contributed by atoms with Crippen LogP contribution in [-0.4, -0.2) is 46.8 Å². The highest BCUT2D eigenvalue weighted by atomic mass is 35.5. The monoisotopic (exact) mass is 285 g/mol. The van der Waals surface area contributed by atoms with Gasteiger partial charge in [0.25, 0.3) is 0 Å². The van der Waals surface area contributed by atoms with Gasteiger partial charge in [-0.1, -0.05) is 6.92 Å². The molecule has 2 heterocycles. The number of rotatable bonds is 4. The predicted octanol–water partition coefficient (Wildman–Crippen LogP) is 1.96. The lowest BCUT2D eigenvalue weighted by atomic mass is 10.1. The third kappa shape index (κ3) is 3.91. The Kier molecular flexibility index (Phi) is 4.42. The number of nitrogens with one attached hydrogen (secondary N) is 1. The Bertz CT molecular complexity index is 440. The zero-order valence-corrected chi connectivity index (χ0v) is 12.4. The summed E-state index contributed by atoms with van der Waals surface area (Å²) in [5.74, 6) is 1.14. The fraction of sp³-hybridized carbons (Fsp3) is 0.750. The molecule has 106 valence electrons. The van der Waals surface area contributed by atoms with Crippen LogP contribution in [-0.2, 0) is 4.74 Å². The number of aromatic nitrogens is 3. The number of halogens is 1. The molecule has 1 aromatic rings. The Labute approximate surface area is 118 Å². The molecule has 7 heteroatoms. The van der Waals surface area contributed by atoms with Crippen LogP contribution in [0.1, 0.15) is 27.2 Å². The average Bonchev–Trinajstić information content (AvgIpc) is 2.34. The molecule has 19 heavy (non-hydrogen) atoms. The quantitative estimate of drug-likeness (QED) is 0.912. The minimum Gasteiger partial charge on any atom is -0.372 e. The molecule has 1 aromatic heterocycles. The van der Waals surface area contributed by atoms with Gasteiger partial charge in [-0.15, -0.1) is 0 Å². The van der Waals surface area contributed by atoms with E-state index in [0.29, 0.717) is 18.5 Å². The van der Waals surface area contributed by atoms with E-state index in [0.717, 1.165) is 26.1 Å². The standard InChI is InChI=1S/C12H20ClN5O/c1-4-5-14-10-15-9(13)16-11(17-10)18-6-7-19-12(2,3)8-18/h4-8H2,1-3H3,(H,14,15,16,17). The minimum absolute atomic E-state index is 0.200. The third-order valence-corrected chi connectivity index (χ3v) is 3.01. The summed E-state index contributed by atoms with van der Waals surface area (Å²) in [5, 5.41) is 3.35. The Balaban J connectivity index is 2.16. The third-order valence-electron chi connectivity index (χ3n) is 2.84. The van der Waals surface area contributed by atoms with Gasteiger partial charge < -0.3 is 15.0 Å². The first-order valence-corrected chi connectivity index (χ1v) is 6.92. The topological polar surface area (TPSA) is 63.2 Å². The number of anilines is 2. The molecule has 0 unspecified atom stereocenters. The van der Waals surface area contributed by atoms with E-state index >= 15 is 0 Å². The average molecular weight is 286 g/mol. The molecule has 0 aliphatic carbocycles. The van der Waals surface area contributed by atoms with E-state index in [1.54, 1.807) is 0 Å². The molecule has 0 bridgehead atoms. The van der Waals surface area contributed by atoms with Gasteiger partial charge in [0.2, 0.25) is 17.2 Å². The summed E-state index contributed by atoms with van der Waals surface area (Å²) in [5.41, 5.74) is -0.200. The smallest absolute Gasteiger partial charge is 0.231 e. The zero-order valence-electron chi connectivity index (χ0n) is 11.6. The lowest BCUT2D eigenvalue weighted by molar-refractivity contribution is -0.0281. The molecule has 0 radical (unpaired) electrons. The van der Waals surface area contributed by atoms with Crippen molar-refractivity contribution < 1.29 is 4.74 Å². The summed E-state index contributed by atoms with van der Waals surface area (Å²) in [6.45, 7) is 9.16. The summed E-state index contributed by atoms with van der Waals surface area (Å²) in [4.78, 5) is 14.8. The number of ether oxygens (including phenoxy) is 1. The van der Waals surface area contributed by atoms with Crippen LogP contribution in [0, 0.1) is 0 Å². The van der Waals surface area contributed by atoms with Gasteiger partial charge in [0.1, 0.15) is 0 Å². The summed E-state index contributed by atoms with van der Waals surface area (Å²) < 4.78 is 5.68. The molecule has 1 N–H and O–H groups in total. The highest BCUT2D eigenvalue weighted by Crippen LogP contribution is 2.21. The van der Waals surface area contributed by atoms with Crippen LogP contribution in [0.25, 0.3) is 0 Å². The van der Waals surface area contributed by atoms with Crippen LogP contribution in [0.2, 0.25) is 5.28 Å². The van der Waals surface area contributed by atoms with Crippen molar-refractivity contribution in [2.24, 2.45) is 0 Å². The molecule has 0 atom stereocenters. The van der Waals surface area contributed by atoms with Crippen molar-refractivity contribution in [3.63, 3.8) is 0 Å². The van der Waals surface area contributed by atoms with Crippen molar-refractivity contribution in [2.75, 3.05) is 36.5 Å². The highest BCUT2D eigenvalue weighted by molar-refractivity contribution is 6.28. The Morgan fingerprint density at radius 3 is 2.84 bits per heavy atom. The largest absolute Gasteiger partial charge is 0.372 e. The zero-order chi connectivity index (χ0) is 13.9. The minimum atomic E-state index is -0.200. The van der Waals surface area contributed by atoms with Gasteiger partial charge in [-0.2, -0.15) is 15.0 Å². The van der Waals surface area contributed by atoms with Crippen molar-refractivity contribution in [1.82, 2.24) is 15.0 Å². The van der Waals surface area contributed by atoms with Crippen molar-refractivity contribution in [1.29, 1.82) is 0 Å². The van der Waals surface area contributed by atoms with Crippen LogP contribution in [0.3, 0.4) is 0 Å². The van der Waals surface area contributed by atoms with Crippen molar-refractivity contribution in [3.05, 3.63) is 5.28 Å². The molecule has 1 fully saturated rings. The molecule has 1 aliphatic rings. The number of hydrogen-bond acceptors (Lipinski definition) is 6. The Morgan fingerprint density at radius 1 is 1.37 bits per heavy atom. The van der Waals surface area contributed by atoms with E-state index in [1.165, 1.54) is 0 Å². The van der Waals surface area contributed by atoms with Crippen molar-refractivity contribution >= 4 is 23.5 Å². The van der Waals surface area contributed by atoms with Crippen LogP contribution < -0.4 is 10.2 Å². The van der Waals surface area contributed by atoms with Gasteiger partial charge in [-0.3, -0.25) is 0 Å². The Hall–Kier alpha value is -1.14. The van der Waals surface area contributed by atoms with Crippen LogP contribution >= 0.6 is 11.6 Å². The molecule has 0 saturated carbocycles. The second-order valence-corrected chi connectivity index (χ2v) is 5.52. The predicted molar refractivity (Wildman–Crippen MR) is 75.9 cm³/mol. The molecule has 0 spiro atoms. The number of hydrogen-bond donors (Lipinski definition) is 1. The van der Waals surface area contributed by atoms with Gasteiger partial charge in [0, 0.05) is 19.6 Å². The van der Waals surface area contributed by atoms with Crippen LogP contribution in [0.5, 0.6) is 0 Å². The molecule has 6 nitrogen and oxygen atoms in total. The molecule has 1 saturated heterocycles. The van der Waals surface area contributed by atoms with Gasteiger partial charge in [-0.05, 0) is 31.9 Å². The maximum absolute atomic E-state index is 5.96. The van der Waals surface area contributed by atoms with Crippen LogP contribution in [0.15, 0.2) is 0 Å². The van der Waals surface area contributed by atoms with Gasteiger partial charge in [-0.25, -0.2) is 0 Å². The Morgan fingerprint density at radius 2 is 2.16 bits per heavy atom. The molecular weight excluding hydrogens is 266 g/mol. The number of nitrogens with zero attached hydrogens (tertiary/aromatic N) is 4. The van der Waals surface area contributed by atoms with Gasteiger partial charge >= 0.3 is 0 Å². The van der Waals surface area contributed by atoms with E-state index in [4.69, 9.17) is 16.3 Å². The maximum Gasteiger partial charge on any atom is 0.231 e. The first kappa shape index (κ1) is 14.3. The molecule has 2 rings (SSSR count). The van der Waals surface area contributed by atoms with E-state index < -0.39 is 0 Å². The first-order valence-electron chi connectivity index (χ1n) is 6.54. The van der Waals surface area contributed by atoms with Gasteiger partial charge in [0.15, 0.2) is 0 Å². The summed E-state index contributed by atoms with van der Waals surface area (Å²) in [6, 6.07) is 0. The second kappa shape index (κ2) is 5.88. The van der Waals surface area contributed by atoms with Crippen molar-refractivity contribution in [2.45, 2.75) is 32.8 Å². The second-order valence-electron chi connectivity index (χ2n) is 5.18. The maximum atomic E-state index is 5.96. The fourth-order valence-electron chi connectivity index (χ4n) is 1.98. The van der Waals surface area contributed by atoms with E-state index in [-0.39, 0.29) is 10.9 Å². The number of morpholine rings is 1. The summed E-state index contributed by atoms with van der Waals surface area (Å²) in [6.07, 6.45) is 1.00. The summed E-state index contributed by atoms with van der Waals surface area (Å²) in [7, 11) is 0. The molecular formula is C12H20ClN5O. The van der Waals surface area contributed by atoms with E-state index in [1.807, 2.05) is 0 Å². The van der Waals surface area contributed by atoms with E-state index in [2.05, 4.69) is 45.9 Å². The SMILES string of the molecule is CCCNc1nc(Cl)nc(N2CCOC(C)(C)C2)n1. The molecule has 0 amide bonds. The van der Waals surface area contributed by atoms with E-state index in [9.17, 15) is 0 Å². The van der Waals surface area contributed by atoms with Crippen LogP contribution in [0.4, 0.5) is 11.9 Å². The normalized spacial score (nSPS) is 18.4. The van der Waals surface area contributed by atoms with Crippen molar-refractivity contribution in [3.8, 4) is 0 Å². The fourth-order valence-corrected chi connectivity index (χ4v) is 2.14. The lowest BCUT2D eigenvalue weighted by Crippen LogP contribution is -2.49. The molecule has 1 aliphatic heterocycles. The van der Waals surface area contributed by atoms with Gasteiger partial charge in [0.05, 0.1) is 12.2 Å².